The molecule has 4 nitrogen and oxygen atoms in total. The average molecular weight is 225 g/mol. The number of carboxylic acid groups (broad SMARTS) is 1. The third-order valence-corrected chi connectivity index (χ3v) is 2.34. The van der Waals surface area contributed by atoms with Gasteiger partial charge >= 0.3 is 5.97 Å². The summed E-state index contributed by atoms with van der Waals surface area (Å²) < 4.78 is 0. The summed E-state index contributed by atoms with van der Waals surface area (Å²) in [5, 5.41) is 9.09. The number of amides is 1. The Labute approximate surface area is 96.6 Å². The van der Waals surface area contributed by atoms with Crippen LogP contribution in [0.4, 0.5) is 0 Å². The van der Waals surface area contributed by atoms with Crippen LogP contribution in [0.2, 0.25) is 0 Å². The van der Waals surface area contributed by atoms with Gasteiger partial charge in [0.1, 0.15) is 5.92 Å². The number of rotatable bonds is 4. The Hall–Kier alpha value is -1.50. The summed E-state index contributed by atoms with van der Waals surface area (Å²) in [4.78, 5) is 24.5. The van der Waals surface area contributed by atoms with E-state index in [0.717, 1.165) is 0 Å². The van der Waals surface area contributed by atoms with E-state index in [1.807, 2.05) is 0 Å². The van der Waals surface area contributed by atoms with Crippen molar-refractivity contribution in [2.24, 2.45) is 11.3 Å². The average Bonchev–Trinajstić information content (AvgIpc) is 2.10. The molecule has 0 saturated carbocycles. The zero-order valence-corrected chi connectivity index (χ0v) is 10.3. The third kappa shape index (κ3) is 3.58. The van der Waals surface area contributed by atoms with Gasteiger partial charge in [-0.1, -0.05) is 26.7 Å². The maximum Gasteiger partial charge on any atom is 0.316 e. The fraction of sp³-hybridized carbons (Fsp3) is 0.667. The molecule has 0 radical (unpaired) electrons. The van der Waals surface area contributed by atoms with Gasteiger partial charge in [-0.3, -0.25) is 9.59 Å². The highest BCUT2D eigenvalue weighted by molar-refractivity contribution is 5.97. The Kier molecular flexibility index (Phi) is 5.03. The zero-order chi connectivity index (χ0) is 12.9. The molecule has 0 rings (SSSR count). The van der Waals surface area contributed by atoms with Gasteiger partial charge in [0.25, 0.3) is 0 Å². The second-order valence-corrected chi connectivity index (χ2v) is 4.69. The summed E-state index contributed by atoms with van der Waals surface area (Å²) in [6, 6.07) is 0. The molecule has 4 heteroatoms. The van der Waals surface area contributed by atoms with Crippen LogP contribution in [0.1, 0.15) is 27.7 Å². The third-order valence-electron chi connectivity index (χ3n) is 2.34. The lowest BCUT2D eigenvalue weighted by atomic mass is 9.80. The van der Waals surface area contributed by atoms with Crippen LogP contribution in [0.3, 0.4) is 0 Å². The molecular weight excluding hydrogens is 206 g/mol. The van der Waals surface area contributed by atoms with Crippen LogP contribution < -0.4 is 0 Å². The van der Waals surface area contributed by atoms with Crippen LogP contribution in [0.15, 0.2) is 0 Å². The Morgan fingerprint density at radius 1 is 1.44 bits per heavy atom. The van der Waals surface area contributed by atoms with Crippen molar-refractivity contribution in [2.75, 3.05) is 13.1 Å². The number of hydrogen-bond donors (Lipinski definition) is 1. The Bertz CT molecular complexity index is 309. The molecule has 0 aliphatic carbocycles. The van der Waals surface area contributed by atoms with Crippen molar-refractivity contribution in [2.45, 2.75) is 27.7 Å². The minimum atomic E-state index is -1.10. The molecule has 0 aromatic carbocycles. The van der Waals surface area contributed by atoms with Crippen LogP contribution in [0.25, 0.3) is 0 Å². The quantitative estimate of drug-likeness (QED) is 0.578. The molecule has 1 atom stereocenters. The molecule has 0 aromatic heterocycles. The number of carbonyl (C=O) groups excluding carboxylic acids is 1. The van der Waals surface area contributed by atoms with E-state index in [1.54, 1.807) is 27.7 Å². The van der Waals surface area contributed by atoms with E-state index in [4.69, 9.17) is 11.5 Å². The van der Waals surface area contributed by atoms with Gasteiger partial charge in [0.15, 0.2) is 0 Å². The van der Waals surface area contributed by atoms with E-state index in [9.17, 15) is 9.59 Å². The van der Waals surface area contributed by atoms with Crippen LogP contribution in [0, 0.1) is 23.7 Å². The van der Waals surface area contributed by atoms with Gasteiger partial charge in [0, 0.05) is 6.54 Å². The maximum atomic E-state index is 12.0. The van der Waals surface area contributed by atoms with E-state index in [0.29, 0.717) is 6.54 Å². The maximum absolute atomic E-state index is 12.0. The molecule has 0 heterocycles. The highest BCUT2D eigenvalue weighted by Crippen LogP contribution is 2.27. The van der Waals surface area contributed by atoms with Crippen molar-refractivity contribution in [3.05, 3.63) is 0 Å². The zero-order valence-electron chi connectivity index (χ0n) is 10.3. The highest BCUT2D eigenvalue weighted by Gasteiger charge is 2.39. The van der Waals surface area contributed by atoms with Gasteiger partial charge in [0.05, 0.1) is 6.54 Å². The molecule has 1 amide bonds. The van der Waals surface area contributed by atoms with Crippen LogP contribution in [-0.2, 0) is 9.59 Å². The smallest absolute Gasteiger partial charge is 0.316 e. The standard InChI is InChI=1S/C12H19NO3/c1-6-8-13(7-2)10(14)9(11(15)16)12(3,4)5/h1,9H,7-8H2,2-5H3,(H,15,16). The molecule has 0 fully saturated rings. The van der Waals surface area contributed by atoms with Crippen LogP contribution in [0.5, 0.6) is 0 Å². The lowest BCUT2D eigenvalue weighted by Crippen LogP contribution is -2.45. The van der Waals surface area contributed by atoms with Gasteiger partial charge in [-0.05, 0) is 12.3 Å². The van der Waals surface area contributed by atoms with Gasteiger partial charge in [-0.15, -0.1) is 6.42 Å². The number of carbonyl (C=O) groups is 2. The minimum absolute atomic E-state index is 0.148. The fourth-order valence-electron chi connectivity index (χ4n) is 1.48. The molecule has 0 aliphatic heterocycles. The molecule has 0 bridgehead atoms. The number of aliphatic carboxylic acids is 1. The first-order valence-corrected chi connectivity index (χ1v) is 5.20. The van der Waals surface area contributed by atoms with Crippen molar-refractivity contribution in [3.63, 3.8) is 0 Å². The Morgan fingerprint density at radius 3 is 2.19 bits per heavy atom. The van der Waals surface area contributed by atoms with Crippen LogP contribution in [-0.4, -0.2) is 35.0 Å². The topological polar surface area (TPSA) is 57.6 Å². The highest BCUT2D eigenvalue weighted by atomic mass is 16.4. The van der Waals surface area contributed by atoms with Crippen molar-refractivity contribution in [1.29, 1.82) is 0 Å². The lowest BCUT2D eigenvalue weighted by molar-refractivity contribution is -0.155. The summed E-state index contributed by atoms with van der Waals surface area (Å²) in [6.07, 6.45) is 5.14. The first kappa shape index (κ1) is 14.5. The van der Waals surface area contributed by atoms with Gasteiger partial charge in [0.2, 0.25) is 5.91 Å². The molecule has 0 aliphatic rings. The first-order chi connectivity index (χ1) is 7.25. The monoisotopic (exact) mass is 225 g/mol. The predicted molar refractivity (Wildman–Crippen MR) is 61.7 cm³/mol. The van der Waals surface area contributed by atoms with Gasteiger partial charge < -0.3 is 10.0 Å². The second kappa shape index (κ2) is 5.55. The molecule has 1 unspecified atom stereocenters. The molecule has 0 saturated heterocycles. The second-order valence-electron chi connectivity index (χ2n) is 4.69. The summed E-state index contributed by atoms with van der Waals surface area (Å²) in [7, 11) is 0. The van der Waals surface area contributed by atoms with Crippen molar-refractivity contribution < 1.29 is 14.7 Å². The summed E-state index contributed by atoms with van der Waals surface area (Å²) in [5.41, 5.74) is -0.620. The minimum Gasteiger partial charge on any atom is -0.481 e. The van der Waals surface area contributed by atoms with E-state index in [-0.39, 0.29) is 6.54 Å². The van der Waals surface area contributed by atoms with E-state index in [1.165, 1.54) is 4.90 Å². The largest absolute Gasteiger partial charge is 0.481 e. The molecule has 16 heavy (non-hydrogen) atoms. The lowest BCUT2D eigenvalue weighted by Gasteiger charge is -2.30. The SMILES string of the molecule is C#CCN(CC)C(=O)C(C(=O)O)C(C)(C)C. The van der Waals surface area contributed by atoms with E-state index < -0.39 is 23.2 Å². The Morgan fingerprint density at radius 2 is 1.94 bits per heavy atom. The summed E-state index contributed by atoms with van der Waals surface area (Å²) >= 11 is 0. The molecule has 0 spiro atoms. The molecule has 0 aromatic rings. The van der Waals surface area contributed by atoms with Crippen LogP contribution >= 0.6 is 0 Å². The van der Waals surface area contributed by atoms with Crippen molar-refractivity contribution >= 4 is 11.9 Å². The van der Waals surface area contributed by atoms with E-state index in [2.05, 4.69) is 5.92 Å². The summed E-state index contributed by atoms with van der Waals surface area (Å²) in [6.45, 7) is 7.53. The first-order valence-electron chi connectivity index (χ1n) is 5.20. The molecular formula is C12H19NO3. The predicted octanol–water partition coefficient (Wildman–Crippen LogP) is 1.21. The summed E-state index contributed by atoms with van der Waals surface area (Å²) in [5.74, 6) is -0.218. The van der Waals surface area contributed by atoms with E-state index >= 15 is 0 Å². The number of carboxylic acids is 1. The number of nitrogens with zero attached hydrogens (tertiary/aromatic N) is 1. The number of terminal acetylenes is 1. The van der Waals surface area contributed by atoms with Gasteiger partial charge in [-0.25, -0.2) is 0 Å². The van der Waals surface area contributed by atoms with Crippen molar-refractivity contribution in [3.8, 4) is 12.3 Å². The molecule has 1 N–H and O–H groups in total. The Balaban J connectivity index is 5.03. The van der Waals surface area contributed by atoms with Gasteiger partial charge in [-0.2, -0.15) is 0 Å². The fourth-order valence-corrected chi connectivity index (χ4v) is 1.48. The molecule has 90 valence electrons. The van der Waals surface area contributed by atoms with Crippen molar-refractivity contribution in [1.82, 2.24) is 4.90 Å². The normalized spacial score (nSPS) is 12.7. The number of hydrogen-bond acceptors (Lipinski definition) is 2.